The van der Waals surface area contributed by atoms with Gasteiger partial charge in [-0.3, -0.25) is 14.9 Å². The van der Waals surface area contributed by atoms with Crippen molar-refractivity contribution in [1.29, 1.82) is 0 Å². The third-order valence-electron chi connectivity index (χ3n) is 3.95. The van der Waals surface area contributed by atoms with Crippen molar-refractivity contribution in [1.82, 2.24) is 0 Å². The van der Waals surface area contributed by atoms with E-state index in [4.69, 9.17) is 16.3 Å². The Hall–Kier alpha value is -2.62. The molecule has 3 aromatic rings. The van der Waals surface area contributed by atoms with Crippen LogP contribution >= 0.6 is 23.4 Å². The molecule has 0 bridgehead atoms. The number of ether oxygens (including phenoxy) is 1. The van der Waals surface area contributed by atoms with Gasteiger partial charge in [-0.2, -0.15) is 0 Å². The van der Waals surface area contributed by atoms with E-state index in [1.54, 1.807) is 18.2 Å². The van der Waals surface area contributed by atoms with Gasteiger partial charge in [-0.15, -0.1) is 11.8 Å². The molecule has 0 saturated heterocycles. The third-order valence-corrected chi connectivity index (χ3v) is 6.49. The van der Waals surface area contributed by atoms with Gasteiger partial charge in [-0.05, 0) is 23.6 Å². The SMILES string of the molecule is CS(=O)(=O)c1ccc(SCC(=O)Oc2ccc3ccccc3c2Cl)c([N+](=O)[O-])c1. The summed E-state index contributed by atoms with van der Waals surface area (Å²) in [5.74, 6) is -0.672. The number of hydrogen-bond acceptors (Lipinski definition) is 7. The van der Waals surface area contributed by atoms with Crippen LogP contribution in [-0.4, -0.2) is 31.3 Å². The lowest BCUT2D eigenvalue weighted by Gasteiger charge is -2.09. The lowest BCUT2D eigenvalue weighted by molar-refractivity contribution is -0.388. The summed E-state index contributed by atoms with van der Waals surface area (Å²) in [4.78, 5) is 22.8. The Labute approximate surface area is 175 Å². The van der Waals surface area contributed by atoms with Gasteiger partial charge in [0.1, 0.15) is 5.75 Å². The highest BCUT2D eigenvalue weighted by Crippen LogP contribution is 2.34. The number of esters is 1. The molecule has 0 fully saturated rings. The van der Waals surface area contributed by atoms with Crippen LogP contribution < -0.4 is 4.74 Å². The lowest BCUT2D eigenvalue weighted by Crippen LogP contribution is -2.11. The molecule has 0 aromatic heterocycles. The van der Waals surface area contributed by atoms with Crippen LogP contribution in [0, 0.1) is 10.1 Å². The normalized spacial score (nSPS) is 11.4. The number of nitro groups is 1. The molecule has 7 nitrogen and oxygen atoms in total. The molecule has 0 amide bonds. The highest BCUT2D eigenvalue weighted by molar-refractivity contribution is 8.00. The minimum Gasteiger partial charge on any atom is -0.424 e. The second-order valence-corrected chi connectivity index (χ2v) is 9.43. The Morgan fingerprint density at radius 1 is 1.17 bits per heavy atom. The molecule has 0 unspecified atom stereocenters. The third kappa shape index (κ3) is 4.87. The monoisotopic (exact) mass is 451 g/mol. The predicted molar refractivity (Wildman–Crippen MR) is 112 cm³/mol. The second-order valence-electron chi connectivity index (χ2n) is 6.02. The van der Waals surface area contributed by atoms with E-state index in [0.717, 1.165) is 34.9 Å². The van der Waals surface area contributed by atoms with Crippen molar-refractivity contribution in [3.63, 3.8) is 0 Å². The van der Waals surface area contributed by atoms with Crippen molar-refractivity contribution in [2.45, 2.75) is 9.79 Å². The first-order valence-electron chi connectivity index (χ1n) is 8.16. The highest BCUT2D eigenvalue weighted by Gasteiger charge is 2.20. The van der Waals surface area contributed by atoms with Crippen LogP contribution in [0.2, 0.25) is 5.02 Å². The molecule has 10 heteroatoms. The largest absolute Gasteiger partial charge is 0.424 e. The number of fused-ring (bicyclic) bond motifs is 1. The van der Waals surface area contributed by atoms with Crippen LogP contribution in [0.15, 0.2) is 64.4 Å². The zero-order valence-corrected chi connectivity index (χ0v) is 17.4. The summed E-state index contributed by atoms with van der Waals surface area (Å²) < 4.78 is 28.5. The molecule has 0 saturated carbocycles. The number of nitro benzene ring substituents is 1. The molecule has 0 aliphatic rings. The van der Waals surface area contributed by atoms with Gasteiger partial charge in [-0.25, -0.2) is 8.42 Å². The van der Waals surface area contributed by atoms with Crippen molar-refractivity contribution >= 4 is 55.6 Å². The molecule has 0 spiro atoms. The van der Waals surface area contributed by atoms with Gasteiger partial charge in [0.05, 0.1) is 25.5 Å². The minimum absolute atomic E-state index is 0.156. The average molecular weight is 452 g/mol. The fraction of sp³-hybridized carbons (Fsp3) is 0.105. The number of hydrogen-bond donors (Lipinski definition) is 0. The summed E-state index contributed by atoms with van der Waals surface area (Å²) in [7, 11) is -3.59. The lowest BCUT2D eigenvalue weighted by atomic mass is 10.1. The van der Waals surface area contributed by atoms with Crippen molar-refractivity contribution in [3.05, 3.63) is 69.7 Å². The Morgan fingerprint density at radius 3 is 2.59 bits per heavy atom. The number of nitrogens with zero attached hydrogens (tertiary/aromatic N) is 1. The van der Waals surface area contributed by atoms with Crippen LogP contribution in [0.3, 0.4) is 0 Å². The van der Waals surface area contributed by atoms with Gasteiger partial charge < -0.3 is 4.74 Å². The van der Waals surface area contributed by atoms with E-state index in [1.165, 1.54) is 12.1 Å². The predicted octanol–water partition coefficient (Wildman–Crippen LogP) is 4.50. The van der Waals surface area contributed by atoms with Gasteiger partial charge in [0, 0.05) is 17.7 Å². The quantitative estimate of drug-likeness (QED) is 0.178. The Bertz CT molecular complexity index is 1230. The number of carbonyl (C=O) groups excluding carboxylic acids is 1. The highest BCUT2D eigenvalue weighted by atomic mass is 35.5. The molecule has 3 aromatic carbocycles. The number of thioether (sulfide) groups is 1. The van der Waals surface area contributed by atoms with E-state index in [1.807, 2.05) is 18.2 Å². The molecule has 150 valence electrons. The molecular formula is C19H14ClNO6S2. The first kappa shape index (κ1) is 21.1. The van der Waals surface area contributed by atoms with Crippen LogP contribution in [0.5, 0.6) is 5.75 Å². The maximum atomic E-state index is 12.2. The first-order chi connectivity index (χ1) is 13.7. The standard InChI is InChI=1S/C19H14ClNO6S2/c1-29(25,26)13-7-9-17(15(10-13)21(23)24)28-11-18(22)27-16-8-6-12-4-2-3-5-14(12)19(16)20/h2-10H,11H2,1H3. The van der Waals surface area contributed by atoms with E-state index in [0.29, 0.717) is 5.02 Å². The Morgan fingerprint density at radius 2 is 1.90 bits per heavy atom. The van der Waals surface area contributed by atoms with Crippen LogP contribution in [0.25, 0.3) is 10.8 Å². The minimum atomic E-state index is -3.59. The number of sulfone groups is 1. The van der Waals surface area contributed by atoms with Crippen LogP contribution in [0.4, 0.5) is 5.69 Å². The fourth-order valence-corrected chi connectivity index (χ4v) is 4.27. The molecule has 3 rings (SSSR count). The summed E-state index contributed by atoms with van der Waals surface area (Å²) in [5.41, 5.74) is -0.394. The second kappa shape index (κ2) is 8.40. The van der Waals surface area contributed by atoms with Crippen molar-refractivity contribution in [2.24, 2.45) is 0 Å². The van der Waals surface area contributed by atoms with E-state index < -0.39 is 26.4 Å². The molecule has 0 heterocycles. The molecule has 0 radical (unpaired) electrons. The Balaban J connectivity index is 1.76. The van der Waals surface area contributed by atoms with Gasteiger partial charge in [0.15, 0.2) is 9.84 Å². The maximum Gasteiger partial charge on any atom is 0.321 e. The van der Waals surface area contributed by atoms with E-state index in [2.05, 4.69) is 0 Å². The van der Waals surface area contributed by atoms with Gasteiger partial charge in [-0.1, -0.05) is 41.9 Å². The van der Waals surface area contributed by atoms with E-state index in [-0.39, 0.29) is 21.3 Å². The first-order valence-corrected chi connectivity index (χ1v) is 11.4. The topological polar surface area (TPSA) is 104 Å². The van der Waals surface area contributed by atoms with Crippen molar-refractivity contribution in [3.8, 4) is 5.75 Å². The number of benzene rings is 3. The summed E-state index contributed by atoms with van der Waals surface area (Å²) in [6.07, 6.45) is 0.962. The summed E-state index contributed by atoms with van der Waals surface area (Å²) in [6, 6.07) is 14.2. The fourth-order valence-electron chi connectivity index (χ4n) is 2.57. The summed E-state index contributed by atoms with van der Waals surface area (Å²) >= 11 is 7.18. The molecule has 29 heavy (non-hydrogen) atoms. The zero-order valence-electron chi connectivity index (χ0n) is 15.0. The Kier molecular flexibility index (Phi) is 6.11. The maximum absolute atomic E-state index is 12.2. The smallest absolute Gasteiger partial charge is 0.321 e. The zero-order chi connectivity index (χ0) is 21.2. The van der Waals surface area contributed by atoms with E-state index >= 15 is 0 Å². The molecule has 0 N–H and O–H groups in total. The van der Waals surface area contributed by atoms with Gasteiger partial charge in [0.25, 0.3) is 5.69 Å². The van der Waals surface area contributed by atoms with Crippen LogP contribution in [-0.2, 0) is 14.6 Å². The summed E-state index contributed by atoms with van der Waals surface area (Å²) in [5, 5.41) is 13.2. The van der Waals surface area contributed by atoms with Gasteiger partial charge in [0.2, 0.25) is 0 Å². The van der Waals surface area contributed by atoms with Gasteiger partial charge >= 0.3 is 5.97 Å². The summed E-state index contributed by atoms with van der Waals surface area (Å²) in [6.45, 7) is 0. The van der Waals surface area contributed by atoms with Crippen molar-refractivity contribution < 1.29 is 22.9 Å². The number of carbonyl (C=O) groups is 1. The van der Waals surface area contributed by atoms with E-state index in [9.17, 15) is 23.3 Å². The number of rotatable bonds is 6. The molecule has 0 aliphatic heterocycles. The molecule has 0 aliphatic carbocycles. The van der Waals surface area contributed by atoms with Crippen molar-refractivity contribution in [2.75, 3.05) is 12.0 Å². The van der Waals surface area contributed by atoms with Crippen LogP contribution in [0.1, 0.15) is 0 Å². The average Bonchev–Trinajstić information content (AvgIpc) is 2.68. The molecular weight excluding hydrogens is 438 g/mol. The molecule has 0 atom stereocenters. The number of halogens is 1.